The van der Waals surface area contributed by atoms with Gasteiger partial charge in [-0.05, 0) is 30.0 Å². The van der Waals surface area contributed by atoms with Crippen LogP contribution in [0.3, 0.4) is 0 Å². The molecular weight excluding hydrogens is 278 g/mol. The van der Waals surface area contributed by atoms with Gasteiger partial charge in [-0.15, -0.1) is 11.3 Å². The van der Waals surface area contributed by atoms with Gasteiger partial charge in [0.25, 0.3) is 0 Å². The maximum absolute atomic E-state index is 9.35. The highest BCUT2D eigenvalue weighted by Crippen LogP contribution is 2.34. The van der Waals surface area contributed by atoms with Crippen LogP contribution in [-0.2, 0) is 0 Å². The monoisotopic (exact) mass is 291 g/mol. The van der Waals surface area contributed by atoms with E-state index in [1.165, 1.54) is 0 Å². The molecule has 0 aliphatic rings. The molecule has 21 heavy (non-hydrogen) atoms. The number of aromatic nitrogens is 1. The molecule has 0 fully saturated rings. The summed E-state index contributed by atoms with van der Waals surface area (Å²) in [7, 11) is 0. The molecule has 102 valence electrons. The molecule has 0 spiro atoms. The van der Waals surface area contributed by atoms with Gasteiger partial charge in [0.15, 0.2) is 0 Å². The Morgan fingerprint density at radius 1 is 1.14 bits per heavy atom. The molecular formula is C17H13N3S. The third-order valence-corrected chi connectivity index (χ3v) is 4.27. The Morgan fingerprint density at radius 2 is 1.95 bits per heavy atom. The largest absolute Gasteiger partial charge is 0.383 e. The molecule has 0 aliphatic carbocycles. The Bertz CT molecular complexity index is 830. The number of nitrogens with two attached hydrogens (primary N) is 1. The summed E-state index contributed by atoms with van der Waals surface area (Å²) in [5.74, 6) is 0.279. The minimum Gasteiger partial charge on any atom is -0.383 e. The van der Waals surface area contributed by atoms with Gasteiger partial charge in [-0.3, -0.25) is 0 Å². The molecule has 2 heterocycles. The van der Waals surface area contributed by atoms with Crippen molar-refractivity contribution in [2.24, 2.45) is 0 Å². The van der Waals surface area contributed by atoms with Crippen LogP contribution in [0, 0.1) is 18.3 Å². The molecule has 2 N–H and O–H groups in total. The van der Waals surface area contributed by atoms with Gasteiger partial charge in [0.05, 0.1) is 5.69 Å². The first-order valence-electron chi connectivity index (χ1n) is 6.51. The summed E-state index contributed by atoms with van der Waals surface area (Å²) in [6, 6.07) is 16.1. The predicted molar refractivity (Wildman–Crippen MR) is 86.9 cm³/mol. The van der Waals surface area contributed by atoms with E-state index >= 15 is 0 Å². The summed E-state index contributed by atoms with van der Waals surface area (Å²) < 4.78 is 0. The van der Waals surface area contributed by atoms with Crippen molar-refractivity contribution >= 4 is 17.2 Å². The molecule has 0 atom stereocenters. The van der Waals surface area contributed by atoms with Crippen LogP contribution >= 0.6 is 11.3 Å². The van der Waals surface area contributed by atoms with Gasteiger partial charge in [0.1, 0.15) is 17.5 Å². The number of benzene rings is 1. The van der Waals surface area contributed by atoms with Crippen LogP contribution in [0.2, 0.25) is 0 Å². The fourth-order valence-corrected chi connectivity index (χ4v) is 3.06. The maximum atomic E-state index is 9.35. The van der Waals surface area contributed by atoms with Gasteiger partial charge in [0, 0.05) is 16.0 Å². The van der Waals surface area contributed by atoms with Gasteiger partial charge < -0.3 is 5.73 Å². The minimum atomic E-state index is 0.279. The Kier molecular flexibility index (Phi) is 3.43. The van der Waals surface area contributed by atoms with E-state index in [9.17, 15) is 5.26 Å². The molecule has 0 aliphatic heterocycles. The zero-order valence-electron chi connectivity index (χ0n) is 11.5. The third-order valence-electron chi connectivity index (χ3n) is 3.37. The molecule has 0 amide bonds. The molecule has 1 aromatic carbocycles. The molecule has 3 aromatic rings. The summed E-state index contributed by atoms with van der Waals surface area (Å²) in [6.45, 7) is 2.04. The molecule has 4 heteroatoms. The van der Waals surface area contributed by atoms with E-state index in [1.54, 1.807) is 11.3 Å². The molecule has 0 radical (unpaired) electrons. The van der Waals surface area contributed by atoms with Crippen LogP contribution < -0.4 is 5.73 Å². The second kappa shape index (κ2) is 5.39. The van der Waals surface area contributed by atoms with E-state index in [0.29, 0.717) is 5.56 Å². The normalized spacial score (nSPS) is 10.3. The average Bonchev–Trinajstić information content (AvgIpc) is 3.01. The fourth-order valence-electron chi connectivity index (χ4n) is 2.31. The van der Waals surface area contributed by atoms with Crippen molar-refractivity contribution in [2.75, 3.05) is 5.73 Å². The quantitative estimate of drug-likeness (QED) is 0.768. The second-order valence-corrected chi connectivity index (χ2v) is 5.67. The van der Waals surface area contributed by atoms with Crippen LogP contribution in [0.4, 0.5) is 5.82 Å². The highest BCUT2D eigenvalue weighted by atomic mass is 32.1. The van der Waals surface area contributed by atoms with E-state index < -0.39 is 0 Å². The number of nitrogen functional groups attached to an aromatic ring is 1. The van der Waals surface area contributed by atoms with Gasteiger partial charge in [-0.25, -0.2) is 4.98 Å². The highest BCUT2D eigenvalue weighted by Gasteiger charge is 2.14. The van der Waals surface area contributed by atoms with Gasteiger partial charge in [0.2, 0.25) is 0 Å². The summed E-state index contributed by atoms with van der Waals surface area (Å²) >= 11 is 1.59. The van der Waals surface area contributed by atoms with E-state index in [0.717, 1.165) is 27.3 Å². The molecule has 0 bridgehead atoms. The number of rotatable bonds is 2. The van der Waals surface area contributed by atoms with Gasteiger partial charge in [-0.1, -0.05) is 30.3 Å². The SMILES string of the molecule is Cc1ccccc1-c1cc(-c2cccs2)c(C#N)c(N)n1. The second-order valence-electron chi connectivity index (χ2n) is 4.72. The Hall–Kier alpha value is -2.64. The van der Waals surface area contributed by atoms with Crippen LogP contribution in [0.1, 0.15) is 11.1 Å². The predicted octanol–water partition coefficient (Wildman–Crippen LogP) is 4.24. The molecule has 3 nitrogen and oxygen atoms in total. The lowest BCUT2D eigenvalue weighted by Gasteiger charge is -2.10. The zero-order valence-corrected chi connectivity index (χ0v) is 12.3. The average molecular weight is 291 g/mol. The maximum Gasteiger partial charge on any atom is 0.142 e. The first-order valence-corrected chi connectivity index (χ1v) is 7.39. The summed E-state index contributed by atoms with van der Waals surface area (Å²) in [5, 5.41) is 11.3. The van der Waals surface area contributed by atoms with E-state index in [4.69, 9.17) is 5.73 Å². The number of thiophene rings is 1. The number of aryl methyl sites for hydroxylation is 1. The summed E-state index contributed by atoms with van der Waals surface area (Å²) in [5.41, 5.74) is 10.2. The van der Waals surface area contributed by atoms with Crippen molar-refractivity contribution in [1.29, 1.82) is 5.26 Å². The molecule has 2 aromatic heterocycles. The third kappa shape index (κ3) is 2.39. The molecule has 0 saturated carbocycles. The lowest BCUT2D eigenvalue weighted by atomic mass is 10.0. The van der Waals surface area contributed by atoms with Crippen molar-refractivity contribution < 1.29 is 0 Å². The number of hydrogen-bond acceptors (Lipinski definition) is 4. The lowest BCUT2D eigenvalue weighted by molar-refractivity contribution is 1.30. The van der Waals surface area contributed by atoms with Crippen LogP contribution in [0.25, 0.3) is 21.7 Å². The van der Waals surface area contributed by atoms with Crippen molar-refractivity contribution in [3.05, 3.63) is 59.0 Å². The zero-order chi connectivity index (χ0) is 14.8. The Balaban J connectivity index is 2.26. The van der Waals surface area contributed by atoms with Gasteiger partial charge >= 0.3 is 0 Å². The summed E-state index contributed by atoms with van der Waals surface area (Å²) in [6.07, 6.45) is 0. The van der Waals surface area contributed by atoms with Crippen molar-refractivity contribution in [3.63, 3.8) is 0 Å². The molecule has 0 unspecified atom stereocenters. The van der Waals surface area contributed by atoms with Crippen molar-refractivity contribution in [3.8, 4) is 27.8 Å². The van der Waals surface area contributed by atoms with Crippen LogP contribution in [0.5, 0.6) is 0 Å². The highest BCUT2D eigenvalue weighted by molar-refractivity contribution is 7.13. The summed E-state index contributed by atoms with van der Waals surface area (Å²) in [4.78, 5) is 5.43. The number of hydrogen-bond donors (Lipinski definition) is 1. The number of nitriles is 1. The Morgan fingerprint density at radius 3 is 2.62 bits per heavy atom. The van der Waals surface area contributed by atoms with E-state index in [2.05, 4.69) is 11.1 Å². The Labute approximate surface area is 127 Å². The topological polar surface area (TPSA) is 62.7 Å². The van der Waals surface area contributed by atoms with Crippen LogP contribution in [0.15, 0.2) is 47.8 Å². The molecule has 3 rings (SSSR count). The van der Waals surface area contributed by atoms with E-state index in [-0.39, 0.29) is 5.82 Å². The van der Waals surface area contributed by atoms with Crippen molar-refractivity contribution in [2.45, 2.75) is 6.92 Å². The minimum absolute atomic E-state index is 0.279. The first kappa shape index (κ1) is 13.3. The molecule has 0 saturated heterocycles. The number of nitrogens with zero attached hydrogens (tertiary/aromatic N) is 2. The number of anilines is 1. The van der Waals surface area contributed by atoms with E-state index in [1.807, 2.05) is 54.8 Å². The van der Waals surface area contributed by atoms with Crippen LogP contribution in [-0.4, -0.2) is 4.98 Å². The van der Waals surface area contributed by atoms with Gasteiger partial charge in [-0.2, -0.15) is 5.26 Å². The fraction of sp³-hybridized carbons (Fsp3) is 0.0588. The first-order chi connectivity index (χ1) is 10.2. The smallest absolute Gasteiger partial charge is 0.142 e. The standard InChI is InChI=1S/C17H13N3S/c1-11-5-2-3-6-12(11)15-9-13(16-7-4-8-21-16)14(10-18)17(19)20-15/h2-9H,1H3,(H2,19,20). The number of pyridine rings is 1. The van der Waals surface area contributed by atoms with Crippen molar-refractivity contribution in [1.82, 2.24) is 4.98 Å². The lowest BCUT2D eigenvalue weighted by Crippen LogP contribution is -1.99.